The van der Waals surface area contributed by atoms with Gasteiger partial charge in [-0.05, 0) is 18.1 Å². The van der Waals surface area contributed by atoms with E-state index >= 15 is 0 Å². The predicted octanol–water partition coefficient (Wildman–Crippen LogP) is 3.05. The molecule has 29 heavy (non-hydrogen) atoms. The highest BCUT2D eigenvalue weighted by Gasteiger charge is 2.46. The van der Waals surface area contributed by atoms with Crippen molar-refractivity contribution in [1.82, 2.24) is 5.32 Å². The summed E-state index contributed by atoms with van der Waals surface area (Å²) in [6.45, 7) is 4.18. The molecule has 0 unspecified atom stereocenters. The van der Waals surface area contributed by atoms with Crippen LogP contribution >= 0.6 is 0 Å². The molecule has 0 bridgehead atoms. The van der Waals surface area contributed by atoms with E-state index in [0.717, 1.165) is 11.1 Å². The fraction of sp³-hybridized carbons (Fsp3) is 0.435. The molecule has 2 aromatic carbocycles. The van der Waals surface area contributed by atoms with Crippen molar-refractivity contribution in [2.24, 2.45) is 0 Å². The molecule has 1 amide bonds. The van der Waals surface area contributed by atoms with Crippen molar-refractivity contribution in [2.45, 2.75) is 57.7 Å². The van der Waals surface area contributed by atoms with Crippen LogP contribution in [0.25, 0.3) is 0 Å². The average molecular weight is 399 g/mol. The SMILES string of the molecule is CO[C@@H]1O[C@H](C)[C@H](NC(C)=O)[C@H](OCc2ccccc2)[C@@H]1OCc1ccccc1. The zero-order valence-corrected chi connectivity index (χ0v) is 17.1. The van der Waals surface area contributed by atoms with E-state index in [1.165, 1.54) is 6.92 Å². The second-order valence-electron chi connectivity index (χ2n) is 7.19. The van der Waals surface area contributed by atoms with Crippen LogP contribution in [0.15, 0.2) is 60.7 Å². The highest BCUT2D eigenvalue weighted by molar-refractivity contribution is 5.73. The molecule has 1 aliphatic rings. The van der Waals surface area contributed by atoms with Crippen LogP contribution < -0.4 is 5.32 Å². The Morgan fingerprint density at radius 2 is 1.45 bits per heavy atom. The number of methoxy groups -OCH3 is 1. The van der Waals surface area contributed by atoms with Gasteiger partial charge < -0.3 is 24.3 Å². The van der Waals surface area contributed by atoms with E-state index in [-0.39, 0.29) is 18.1 Å². The van der Waals surface area contributed by atoms with Gasteiger partial charge in [0.05, 0.1) is 25.4 Å². The highest BCUT2D eigenvalue weighted by atomic mass is 16.7. The predicted molar refractivity (Wildman–Crippen MR) is 109 cm³/mol. The Balaban J connectivity index is 1.80. The van der Waals surface area contributed by atoms with Crippen molar-refractivity contribution in [3.8, 4) is 0 Å². The zero-order valence-electron chi connectivity index (χ0n) is 17.1. The van der Waals surface area contributed by atoms with Crippen LogP contribution in [0, 0.1) is 0 Å². The van der Waals surface area contributed by atoms with Crippen molar-refractivity contribution >= 4 is 5.91 Å². The second-order valence-corrected chi connectivity index (χ2v) is 7.19. The van der Waals surface area contributed by atoms with Crippen LogP contribution in [0.4, 0.5) is 0 Å². The normalized spacial score (nSPS) is 26.8. The lowest BCUT2D eigenvalue weighted by Gasteiger charge is -2.45. The quantitative estimate of drug-likeness (QED) is 0.739. The van der Waals surface area contributed by atoms with Gasteiger partial charge in [-0.25, -0.2) is 0 Å². The molecule has 1 N–H and O–H groups in total. The lowest BCUT2D eigenvalue weighted by Crippen LogP contribution is -2.64. The first-order valence-electron chi connectivity index (χ1n) is 9.85. The van der Waals surface area contributed by atoms with Gasteiger partial charge in [-0.3, -0.25) is 4.79 Å². The largest absolute Gasteiger partial charge is 0.368 e. The Morgan fingerprint density at radius 1 is 0.931 bits per heavy atom. The Labute approximate surface area is 172 Å². The molecule has 0 saturated carbocycles. The molecule has 3 rings (SSSR count). The summed E-state index contributed by atoms with van der Waals surface area (Å²) in [7, 11) is 1.59. The maximum absolute atomic E-state index is 11.8. The number of benzene rings is 2. The van der Waals surface area contributed by atoms with Crippen LogP contribution in [0.2, 0.25) is 0 Å². The van der Waals surface area contributed by atoms with Crippen molar-refractivity contribution in [2.75, 3.05) is 7.11 Å². The summed E-state index contributed by atoms with van der Waals surface area (Å²) < 4.78 is 24.0. The molecule has 0 aliphatic carbocycles. The van der Waals surface area contributed by atoms with Gasteiger partial charge in [-0.15, -0.1) is 0 Å². The minimum Gasteiger partial charge on any atom is -0.368 e. The minimum absolute atomic E-state index is 0.142. The smallest absolute Gasteiger partial charge is 0.217 e. The summed E-state index contributed by atoms with van der Waals surface area (Å²) in [5.74, 6) is -0.142. The molecule has 0 radical (unpaired) electrons. The van der Waals surface area contributed by atoms with Gasteiger partial charge in [-0.2, -0.15) is 0 Å². The third-order valence-corrected chi connectivity index (χ3v) is 4.97. The van der Waals surface area contributed by atoms with E-state index in [4.69, 9.17) is 18.9 Å². The maximum Gasteiger partial charge on any atom is 0.217 e. The van der Waals surface area contributed by atoms with Crippen molar-refractivity contribution in [3.05, 3.63) is 71.8 Å². The maximum atomic E-state index is 11.8. The van der Waals surface area contributed by atoms with Gasteiger partial charge in [0, 0.05) is 14.0 Å². The molecular weight excluding hydrogens is 370 g/mol. The van der Waals surface area contributed by atoms with Gasteiger partial charge in [0.1, 0.15) is 12.2 Å². The minimum atomic E-state index is -0.598. The summed E-state index contributed by atoms with van der Waals surface area (Å²) in [5.41, 5.74) is 2.09. The topological polar surface area (TPSA) is 66.0 Å². The molecule has 156 valence electrons. The molecule has 6 nitrogen and oxygen atoms in total. The van der Waals surface area contributed by atoms with E-state index < -0.39 is 18.5 Å². The number of carbonyl (C=O) groups is 1. The van der Waals surface area contributed by atoms with Gasteiger partial charge in [0.15, 0.2) is 6.29 Å². The molecule has 1 aliphatic heterocycles. The monoisotopic (exact) mass is 399 g/mol. The molecule has 0 aromatic heterocycles. The van der Waals surface area contributed by atoms with E-state index in [2.05, 4.69) is 5.32 Å². The van der Waals surface area contributed by atoms with Crippen LogP contribution in [0.5, 0.6) is 0 Å². The van der Waals surface area contributed by atoms with Gasteiger partial charge in [0.2, 0.25) is 5.91 Å². The van der Waals surface area contributed by atoms with E-state index in [9.17, 15) is 4.79 Å². The van der Waals surface area contributed by atoms with Crippen molar-refractivity contribution in [1.29, 1.82) is 0 Å². The van der Waals surface area contributed by atoms with Gasteiger partial charge in [-0.1, -0.05) is 60.7 Å². The van der Waals surface area contributed by atoms with Gasteiger partial charge in [0.25, 0.3) is 0 Å². The zero-order chi connectivity index (χ0) is 20.6. The first-order chi connectivity index (χ1) is 14.1. The molecule has 6 heteroatoms. The number of hydrogen-bond acceptors (Lipinski definition) is 5. The number of ether oxygens (including phenoxy) is 4. The number of hydrogen-bond donors (Lipinski definition) is 1. The standard InChI is InChI=1S/C23H29NO5/c1-16-20(24-17(2)25)21(27-14-18-10-6-4-7-11-18)22(23(26-3)29-16)28-15-19-12-8-5-9-13-19/h4-13,16,20-23H,14-15H2,1-3H3,(H,24,25)/t16-,20+,21+,22+,23-/m1/s1. The van der Waals surface area contributed by atoms with Crippen LogP contribution in [-0.2, 0) is 37.0 Å². The molecule has 1 fully saturated rings. The lowest BCUT2D eigenvalue weighted by atomic mass is 9.96. The summed E-state index contributed by atoms with van der Waals surface area (Å²) >= 11 is 0. The lowest BCUT2D eigenvalue weighted by molar-refractivity contribution is -0.285. The summed E-state index contributed by atoms with van der Waals surface area (Å²) in [6, 6.07) is 19.5. The molecule has 5 atom stereocenters. The van der Waals surface area contributed by atoms with E-state index in [1.54, 1.807) is 7.11 Å². The summed E-state index contributed by atoms with van der Waals surface area (Å²) in [5, 5.41) is 2.97. The molecular formula is C23H29NO5. The first-order valence-corrected chi connectivity index (χ1v) is 9.85. The highest BCUT2D eigenvalue weighted by Crippen LogP contribution is 2.28. The Bertz CT molecular complexity index is 754. The fourth-order valence-corrected chi connectivity index (χ4v) is 3.53. The number of carbonyl (C=O) groups excluding carboxylic acids is 1. The van der Waals surface area contributed by atoms with E-state index in [1.807, 2.05) is 67.6 Å². The van der Waals surface area contributed by atoms with E-state index in [0.29, 0.717) is 13.2 Å². The molecule has 1 heterocycles. The van der Waals surface area contributed by atoms with Gasteiger partial charge >= 0.3 is 0 Å². The number of rotatable bonds is 8. The molecule has 1 saturated heterocycles. The second kappa shape index (κ2) is 10.5. The molecule has 0 spiro atoms. The van der Waals surface area contributed by atoms with Crippen molar-refractivity contribution < 1.29 is 23.7 Å². The first kappa shape index (κ1) is 21.5. The van der Waals surface area contributed by atoms with Crippen LogP contribution in [-0.4, -0.2) is 43.7 Å². The number of amides is 1. The summed E-state index contributed by atoms with van der Waals surface area (Å²) in [6.07, 6.45) is -1.82. The number of nitrogens with one attached hydrogen (secondary N) is 1. The van der Waals surface area contributed by atoms with Crippen LogP contribution in [0.1, 0.15) is 25.0 Å². The van der Waals surface area contributed by atoms with Crippen molar-refractivity contribution in [3.63, 3.8) is 0 Å². The Hall–Kier alpha value is -2.25. The third-order valence-electron chi connectivity index (χ3n) is 4.97. The van der Waals surface area contributed by atoms with Crippen LogP contribution in [0.3, 0.4) is 0 Å². The Morgan fingerprint density at radius 3 is 1.93 bits per heavy atom. The average Bonchev–Trinajstić information content (AvgIpc) is 2.74. The molecule has 2 aromatic rings. The Kier molecular flexibility index (Phi) is 7.77. The summed E-state index contributed by atoms with van der Waals surface area (Å²) in [4.78, 5) is 11.8. The third kappa shape index (κ3) is 5.87. The fourth-order valence-electron chi connectivity index (χ4n) is 3.53.